The fourth-order valence-electron chi connectivity index (χ4n) is 2.25. The van der Waals surface area contributed by atoms with E-state index in [0.29, 0.717) is 11.1 Å². The number of aromatic nitrogens is 2. The maximum Gasteiger partial charge on any atom is 0.122 e. The van der Waals surface area contributed by atoms with E-state index in [2.05, 4.69) is 4.98 Å². The van der Waals surface area contributed by atoms with Crippen LogP contribution >= 0.6 is 24.8 Å². The van der Waals surface area contributed by atoms with Gasteiger partial charge < -0.3 is 16.0 Å². The van der Waals surface area contributed by atoms with Crippen molar-refractivity contribution in [3.63, 3.8) is 0 Å². The zero-order valence-electron chi connectivity index (χ0n) is 13.1. The minimum Gasteiger partial charge on any atom is -0.384 e. The van der Waals surface area contributed by atoms with E-state index in [9.17, 15) is 0 Å². The predicted octanol–water partition coefficient (Wildman–Crippen LogP) is 2.95. The van der Waals surface area contributed by atoms with Crippen molar-refractivity contribution in [2.45, 2.75) is 0 Å². The molecule has 3 rings (SSSR count). The summed E-state index contributed by atoms with van der Waals surface area (Å²) in [6.07, 6.45) is 3.66. The summed E-state index contributed by atoms with van der Waals surface area (Å²) in [5.41, 5.74) is 15.0. The Hall–Kier alpha value is -2.83. The molecule has 8 heteroatoms. The van der Waals surface area contributed by atoms with Gasteiger partial charge in [0.25, 0.3) is 0 Å². The fourth-order valence-corrected chi connectivity index (χ4v) is 2.25. The summed E-state index contributed by atoms with van der Waals surface area (Å²) in [6.45, 7) is 0. The number of amidine groups is 2. The minimum atomic E-state index is 0. The summed E-state index contributed by atoms with van der Waals surface area (Å²) in [4.78, 5) is 4.41. The van der Waals surface area contributed by atoms with Crippen LogP contribution in [0.5, 0.6) is 0 Å². The van der Waals surface area contributed by atoms with Crippen LogP contribution in [0.2, 0.25) is 0 Å². The Kier molecular flexibility index (Phi) is 6.73. The molecule has 3 aromatic rings. The molecule has 0 aliphatic carbocycles. The first-order valence-corrected chi connectivity index (χ1v) is 6.98. The van der Waals surface area contributed by atoms with E-state index < -0.39 is 0 Å². The number of hydrogen-bond acceptors (Lipinski definition) is 3. The lowest BCUT2D eigenvalue weighted by Crippen LogP contribution is -2.10. The van der Waals surface area contributed by atoms with Crippen LogP contribution in [0.1, 0.15) is 11.1 Å². The second-order valence-electron chi connectivity index (χ2n) is 5.12. The van der Waals surface area contributed by atoms with Crippen LogP contribution < -0.4 is 11.5 Å². The first-order chi connectivity index (χ1) is 11.0. The second kappa shape index (κ2) is 8.32. The Labute approximate surface area is 157 Å². The number of nitrogens with one attached hydrogen (secondary N) is 2. The summed E-state index contributed by atoms with van der Waals surface area (Å²) in [6, 6.07) is 14.8. The Morgan fingerprint density at radius 3 is 1.76 bits per heavy atom. The smallest absolute Gasteiger partial charge is 0.122 e. The molecule has 1 heterocycles. The minimum absolute atomic E-state index is 0. The highest BCUT2D eigenvalue weighted by atomic mass is 35.5. The van der Waals surface area contributed by atoms with Gasteiger partial charge in [-0.2, -0.15) is 0 Å². The van der Waals surface area contributed by atoms with Crippen molar-refractivity contribution in [3.05, 3.63) is 72.2 Å². The number of benzene rings is 2. The van der Waals surface area contributed by atoms with Gasteiger partial charge in [-0.1, -0.05) is 24.3 Å². The molecule has 130 valence electrons. The normalized spacial score (nSPS) is 9.60. The monoisotopic (exact) mass is 376 g/mol. The highest BCUT2D eigenvalue weighted by Crippen LogP contribution is 2.19. The van der Waals surface area contributed by atoms with E-state index in [1.807, 2.05) is 35.0 Å². The Morgan fingerprint density at radius 1 is 0.800 bits per heavy atom. The number of imidazole rings is 1. The molecule has 6 N–H and O–H groups in total. The molecule has 1 aromatic heterocycles. The third-order valence-electron chi connectivity index (χ3n) is 3.55. The van der Waals surface area contributed by atoms with Gasteiger partial charge in [-0.15, -0.1) is 24.8 Å². The maximum atomic E-state index is 7.41. The number of rotatable bonds is 4. The van der Waals surface area contributed by atoms with Gasteiger partial charge in [0, 0.05) is 28.6 Å². The first-order valence-electron chi connectivity index (χ1n) is 6.98. The Bertz CT molecular complexity index is 797. The Balaban J connectivity index is 0.00000156. The summed E-state index contributed by atoms with van der Waals surface area (Å²) in [7, 11) is 0. The van der Waals surface area contributed by atoms with Crippen LogP contribution in [0.25, 0.3) is 16.9 Å². The van der Waals surface area contributed by atoms with Crippen molar-refractivity contribution >= 4 is 36.5 Å². The molecular formula is C17H18Cl2N6. The highest BCUT2D eigenvalue weighted by Gasteiger charge is 2.05. The molecular weight excluding hydrogens is 359 g/mol. The number of nitrogens with two attached hydrogens (primary N) is 2. The molecule has 0 bridgehead atoms. The number of nitrogens with zero attached hydrogens (tertiary/aromatic N) is 2. The van der Waals surface area contributed by atoms with Gasteiger partial charge in [-0.05, 0) is 24.3 Å². The van der Waals surface area contributed by atoms with E-state index in [1.54, 1.807) is 30.6 Å². The van der Waals surface area contributed by atoms with E-state index in [1.165, 1.54) is 0 Å². The zero-order valence-corrected chi connectivity index (χ0v) is 14.8. The fraction of sp³-hybridized carbons (Fsp3) is 0. The number of halogens is 2. The zero-order chi connectivity index (χ0) is 16.4. The van der Waals surface area contributed by atoms with E-state index in [0.717, 1.165) is 16.9 Å². The van der Waals surface area contributed by atoms with Gasteiger partial charge in [0.05, 0.1) is 12.0 Å². The topological polar surface area (TPSA) is 118 Å². The van der Waals surface area contributed by atoms with Gasteiger partial charge >= 0.3 is 0 Å². The van der Waals surface area contributed by atoms with Gasteiger partial charge in [0.15, 0.2) is 0 Å². The molecule has 0 unspecified atom stereocenters. The standard InChI is InChI=1S/C17H16N6.2ClH/c18-16(19)12-3-1-11(2-4-12)15-9-23(10-22-15)14-7-5-13(6-8-14)17(20)21;;/h1-10H,(H3,18,19)(H3,20,21);2*1H. The van der Waals surface area contributed by atoms with Crippen LogP contribution in [-0.4, -0.2) is 21.2 Å². The lowest BCUT2D eigenvalue weighted by molar-refractivity contribution is 1.06. The highest BCUT2D eigenvalue weighted by molar-refractivity contribution is 5.95. The van der Waals surface area contributed by atoms with Crippen LogP contribution in [-0.2, 0) is 0 Å². The quantitative estimate of drug-likeness (QED) is 0.414. The van der Waals surface area contributed by atoms with Gasteiger partial charge in [0.1, 0.15) is 11.7 Å². The van der Waals surface area contributed by atoms with E-state index in [4.69, 9.17) is 22.3 Å². The second-order valence-corrected chi connectivity index (χ2v) is 5.12. The van der Waals surface area contributed by atoms with Crippen LogP contribution in [0.15, 0.2) is 61.1 Å². The third-order valence-corrected chi connectivity index (χ3v) is 3.55. The lowest BCUT2D eigenvalue weighted by Gasteiger charge is -2.03. The van der Waals surface area contributed by atoms with Crippen molar-refractivity contribution in [1.82, 2.24) is 9.55 Å². The van der Waals surface area contributed by atoms with E-state index >= 15 is 0 Å². The molecule has 0 aliphatic heterocycles. The van der Waals surface area contributed by atoms with Crippen molar-refractivity contribution in [3.8, 4) is 16.9 Å². The lowest BCUT2D eigenvalue weighted by atomic mass is 10.1. The summed E-state index contributed by atoms with van der Waals surface area (Å²) in [5, 5.41) is 14.8. The SMILES string of the molecule is Cl.Cl.N=C(N)c1ccc(-c2cn(-c3ccc(C(=N)N)cc3)cn2)cc1. The Morgan fingerprint density at radius 2 is 1.28 bits per heavy atom. The van der Waals surface area contributed by atoms with Gasteiger partial charge in [-0.3, -0.25) is 10.8 Å². The first kappa shape index (κ1) is 20.2. The van der Waals surface area contributed by atoms with Crippen molar-refractivity contribution in [2.24, 2.45) is 11.5 Å². The number of hydrogen-bond donors (Lipinski definition) is 4. The van der Waals surface area contributed by atoms with E-state index in [-0.39, 0.29) is 36.5 Å². The molecule has 25 heavy (non-hydrogen) atoms. The largest absolute Gasteiger partial charge is 0.384 e. The predicted molar refractivity (Wildman–Crippen MR) is 106 cm³/mol. The summed E-state index contributed by atoms with van der Waals surface area (Å²) in [5.74, 6) is 0.0982. The van der Waals surface area contributed by atoms with Gasteiger partial charge in [0.2, 0.25) is 0 Å². The molecule has 0 saturated heterocycles. The molecule has 0 atom stereocenters. The van der Waals surface area contributed by atoms with Crippen LogP contribution in [0.4, 0.5) is 0 Å². The molecule has 0 fully saturated rings. The molecule has 0 saturated carbocycles. The molecule has 0 radical (unpaired) electrons. The van der Waals surface area contributed by atoms with Crippen molar-refractivity contribution in [1.29, 1.82) is 10.8 Å². The van der Waals surface area contributed by atoms with Crippen LogP contribution in [0, 0.1) is 10.8 Å². The van der Waals surface area contributed by atoms with Crippen molar-refractivity contribution in [2.75, 3.05) is 0 Å². The average molecular weight is 377 g/mol. The molecule has 0 spiro atoms. The summed E-state index contributed by atoms with van der Waals surface area (Å²) >= 11 is 0. The van der Waals surface area contributed by atoms with Gasteiger partial charge in [-0.25, -0.2) is 4.98 Å². The molecule has 2 aromatic carbocycles. The van der Waals surface area contributed by atoms with Crippen molar-refractivity contribution < 1.29 is 0 Å². The van der Waals surface area contributed by atoms with Crippen LogP contribution in [0.3, 0.4) is 0 Å². The molecule has 0 aliphatic rings. The maximum absolute atomic E-state index is 7.41. The third kappa shape index (κ3) is 4.37. The molecule has 6 nitrogen and oxygen atoms in total. The summed E-state index contributed by atoms with van der Waals surface area (Å²) < 4.78 is 1.90. The number of nitrogen functional groups attached to an aromatic ring is 2. The average Bonchev–Trinajstić information content (AvgIpc) is 3.05. The molecule has 0 amide bonds.